The minimum Gasteiger partial charge on any atom is -0.383 e. The number of halogens is 1. The zero-order chi connectivity index (χ0) is 23.0. The molecule has 2 aromatic rings. The molecule has 1 heterocycles. The molecule has 4 aliphatic rings. The Morgan fingerprint density at radius 2 is 1.94 bits per heavy atom. The lowest BCUT2D eigenvalue weighted by atomic mass is 9.48. The van der Waals surface area contributed by atoms with Gasteiger partial charge in [0.15, 0.2) is 5.78 Å². The molecule has 0 spiro atoms. The maximum absolute atomic E-state index is 12.2. The van der Waals surface area contributed by atoms with Crippen LogP contribution in [-0.2, 0) is 10.4 Å². The molecule has 0 radical (unpaired) electrons. The molecule has 174 valence electrons. The fraction of sp³-hybridized carbons (Fsp3) is 0.593. The molecule has 4 aliphatic carbocycles. The van der Waals surface area contributed by atoms with Crippen molar-refractivity contribution in [3.63, 3.8) is 0 Å². The van der Waals surface area contributed by atoms with Gasteiger partial charge in [-0.2, -0.15) is 0 Å². The highest BCUT2D eigenvalue weighted by molar-refractivity contribution is 6.30. The van der Waals surface area contributed by atoms with Gasteiger partial charge in [-0.15, -0.1) is 5.10 Å². The maximum Gasteiger partial charge on any atom is 0.155 e. The largest absolute Gasteiger partial charge is 0.383 e. The van der Waals surface area contributed by atoms with Crippen molar-refractivity contribution in [1.82, 2.24) is 15.0 Å². The highest BCUT2D eigenvalue weighted by atomic mass is 35.5. The minimum atomic E-state index is -0.967. The zero-order valence-electron chi connectivity index (χ0n) is 19.4. The van der Waals surface area contributed by atoms with Crippen LogP contribution in [0.15, 0.2) is 42.1 Å². The molecule has 6 heteroatoms. The van der Waals surface area contributed by atoms with Gasteiger partial charge in [0, 0.05) is 16.9 Å². The van der Waals surface area contributed by atoms with Crippen LogP contribution >= 0.6 is 11.6 Å². The smallest absolute Gasteiger partial charge is 0.155 e. The van der Waals surface area contributed by atoms with Gasteiger partial charge in [0.1, 0.15) is 11.3 Å². The van der Waals surface area contributed by atoms with Crippen LogP contribution in [0.4, 0.5) is 0 Å². The number of carbonyl (C=O) groups is 1. The van der Waals surface area contributed by atoms with Crippen LogP contribution in [-0.4, -0.2) is 25.9 Å². The Hall–Kier alpha value is -1.98. The third-order valence-corrected chi connectivity index (χ3v) is 10.1. The van der Waals surface area contributed by atoms with Gasteiger partial charge in [-0.1, -0.05) is 36.2 Å². The molecule has 4 unspecified atom stereocenters. The first-order valence-corrected chi connectivity index (χ1v) is 12.8. The zero-order valence-corrected chi connectivity index (χ0v) is 20.1. The van der Waals surface area contributed by atoms with Gasteiger partial charge >= 0.3 is 0 Å². The number of rotatable bonds is 2. The molecule has 0 bridgehead atoms. The Balaban J connectivity index is 1.32. The van der Waals surface area contributed by atoms with E-state index in [1.54, 1.807) is 4.68 Å². The number of allylic oxidation sites excluding steroid dienone is 1. The maximum atomic E-state index is 12.2. The average molecular weight is 466 g/mol. The van der Waals surface area contributed by atoms with E-state index in [0.717, 1.165) is 44.2 Å². The van der Waals surface area contributed by atoms with Crippen molar-refractivity contribution in [3.05, 3.63) is 52.8 Å². The van der Waals surface area contributed by atoms with E-state index in [1.165, 1.54) is 5.57 Å². The van der Waals surface area contributed by atoms with Crippen LogP contribution in [0.5, 0.6) is 0 Å². The summed E-state index contributed by atoms with van der Waals surface area (Å²) in [4.78, 5) is 12.1. The molecule has 5 nitrogen and oxygen atoms in total. The number of fused-ring (bicyclic) bond motifs is 5. The molecular weight excluding hydrogens is 434 g/mol. The van der Waals surface area contributed by atoms with Crippen molar-refractivity contribution in [2.45, 2.75) is 64.4 Å². The Kier molecular flexibility index (Phi) is 4.90. The molecule has 1 N–H and O–H groups in total. The summed E-state index contributed by atoms with van der Waals surface area (Å²) in [7, 11) is 0. The second-order valence-corrected chi connectivity index (χ2v) is 11.7. The van der Waals surface area contributed by atoms with Crippen molar-refractivity contribution in [3.8, 4) is 5.69 Å². The van der Waals surface area contributed by atoms with Crippen LogP contribution in [0.25, 0.3) is 5.69 Å². The van der Waals surface area contributed by atoms with Gasteiger partial charge in [-0.05, 0) is 98.5 Å². The van der Waals surface area contributed by atoms with Crippen molar-refractivity contribution in [2.75, 3.05) is 0 Å². The number of hydrogen-bond acceptors (Lipinski definition) is 4. The summed E-state index contributed by atoms with van der Waals surface area (Å²) < 4.78 is 1.74. The Bertz CT molecular complexity index is 1120. The first kappa shape index (κ1) is 21.5. The van der Waals surface area contributed by atoms with E-state index in [1.807, 2.05) is 36.5 Å². The molecule has 7 atom stereocenters. The van der Waals surface area contributed by atoms with Gasteiger partial charge in [0.25, 0.3) is 0 Å². The van der Waals surface area contributed by atoms with Gasteiger partial charge in [0.2, 0.25) is 0 Å². The van der Waals surface area contributed by atoms with Crippen LogP contribution in [0.1, 0.15) is 64.5 Å². The fourth-order valence-electron chi connectivity index (χ4n) is 8.20. The third-order valence-electron chi connectivity index (χ3n) is 9.80. The Morgan fingerprint density at radius 3 is 2.73 bits per heavy atom. The standard InChI is InChI=1S/C27H32ClN3O2/c1-16-13-17-14-20(32)7-8-21(17)22-9-11-26(2)23(25(16)22)10-12-27(26,33)24-15-31(30-29-24)19-5-3-18(28)4-6-19/h3-6,14-16,21-23,25,33H,7-13H2,1-2H3/t16-,21?,22?,23?,25?,26+,27-/m1/s1. The second-order valence-electron chi connectivity index (χ2n) is 11.2. The Labute approximate surface area is 200 Å². The highest BCUT2D eigenvalue weighted by Gasteiger charge is 2.64. The number of nitrogens with zero attached hydrogens (tertiary/aromatic N) is 3. The highest BCUT2D eigenvalue weighted by Crippen LogP contribution is 2.68. The summed E-state index contributed by atoms with van der Waals surface area (Å²) >= 11 is 6.04. The lowest BCUT2D eigenvalue weighted by Crippen LogP contribution is -2.53. The van der Waals surface area contributed by atoms with Crippen molar-refractivity contribution in [2.24, 2.45) is 35.0 Å². The summed E-state index contributed by atoms with van der Waals surface area (Å²) in [6.07, 6.45) is 10.5. The van der Waals surface area contributed by atoms with Crippen LogP contribution in [0, 0.1) is 35.0 Å². The molecule has 0 aliphatic heterocycles. The van der Waals surface area contributed by atoms with Crippen molar-refractivity contribution < 1.29 is 9.90 Å². The van der Waals surface area contributed by atoms with E-state index in [9.17, 15) is 9.90 Å². The number of carbonyl (C=O) groups excluding carboxylic acids is 1. The van der Waals surface area contributed by atoms with E-state index in [0.29, 0.717) is 52.5 Å². The van der Waals surface area contributed by atoms with E-state index >= 15 is 0 Å². The summed E-state index contributed by atoms with van der Waals surface area (Å²) in [6, 6.07) is 7.51. The van der Waals surface area contributed by atoms with Crippen LogP contribution in [0.3, 0.4) is 0 Å². The second kappa shape index (κ2) is 7.51. The number of aliphatic hydroxyl groups is 1. The molecule has 3 fully saturated rings. The van der Waals surface area contributed by atoms with E-state index in [-0.39, 0.29) is 5.41 Å². The number of hydrogen-bond donors (Lipinski definition) is 1. The van der Waals surface area contributed by atoms with E-state index < -0.39 is 5.60 Å². The fourth-order valence-corrected chi connectivity index (χ4v) is 8.33. The molecule has 1 aromatic heterocycles. The third kappa shape index (κ3) is 3.11. The predicted molar refractivity (Wildman–Crippen MR) is 127 cm³/mol. The first-order chi connectivity index (χ1) is 15.8. The number of ketones is 1. The monoisotopic (exact) mass is 465 g/mol. The predicted octanol–water partition coefficient (Wildman–Crippen LogP) is 5.50. The summed E-state index contributed by atoms with van der Waals surface area (Å²) in [5.41, 5.74) is 1.80. The van der Waals surface area contributed by atoms with Gasteiger partial charge in [-0.25, -0.2) is 4.68 Å². The van der Waals surface area contributed by atoms with Crippen molar-refractivity contribution in [1.29, 1.82) is 0 Å². The summed E-state index contributed by atoms with van der Waals surface area (Å²) in [5.74, 6) is 3.12. The lowest BCUT2D eigenvalue weighted by Gasteiger charge is -2.57. The number of benzene rings is 1. The molecule has 6 rings (SSSR count). The van der Waals surface area contributed by atoms with Gasteiger partial charge < -0.3 is 5.11 Å². The lowest BCUT2D eigenvalue weighted by molar-refractivity contribution is -0.134. The SMILES string of the molecule is C[C@@H]1CC2=CC(=O)CCC2C2CC[C@@]3(C)C(CC[C@@]3(O)c3cn(-c4ccc(Cl)cc4)nn3)C21. The van der Waals surface area contributed by atoms with Crippen LogP contribution in [0.2, 0.25) is 5.02 Å². The first-order valence-electron chi connectivity index (χ1n) is 12.4. The minimum absolute atomic E-state index is 0.213. The molecule has 3 saturated carbocycles. The molecule has 0 amide bonds. The normalized spacial score (nSPS) is 40.1. The van der Waals surface area contributed by atoms with Crippen molar-refractivity contribution >= 4 is 17.4 Å². The molecular formula is C27H32ClN3O2. The summed E-state index contributed by atoms with van der Waals surface area (Å²) in [5, 5.41) is 21.7. The van der Waals surface area contributed by atoms with Gasteiger partial charge in [0.05, 0.1) is 11.9 Å². The van der Waals surface area contributed by atoms with Crippen LogP contribution < -0.4 is 0 Å². The average Bonchev–Trinajstić information content (AvgIpc) is 3.38. The topological polar surface area (TPSA) is 68.0 Å². The quantitative estimate of drug-likeness (QED) is 0.636. The Morgan fingerprint density at radius 1 is 1.15 bits per heavy atom. The summed E-state index contributed by atoms with van der Waals surface area (Å²) in [6.45, 7) is 4.67. The van der Waals surface area contributed by atoms with Gasteiger partial charge in [-0.3, -0.25) is 4.79 Å². The van der Waals surface area contributed by atoms with E-state index in [4.69, 9.17) is 11.6 Å². The molecule has 0 saturated heterocycles. The number of aromatic nitrogens is 3. The molecule has 33 heavy (non-hydrogen) atoms. The molecule has 1 aromatic carbocycles. The van der Waals surface area contributed by atoms with E-state index in [2.05, 4.69) is 24.2 Å².